The van der Waals surface area contributed by atoms with E-state index in [1.165, 1.54) is 0 Å². The van der Waals surface area contributed by atoms with Crippen molar-refractivity contribution in [2.24, 2.45) is 5.92 Å². The van der Waals surface area contributed by atoms with Crippen LogP contribution in [0.15, 0.2) is 36.4 Å². The van der Waals surface area contributed by atoms with Crippen LogP contribution in [0.1, 0.15) is 18.9 Å². The molecule has 19 heavy (non-hydrogen) atoms. The average molecular weight is 258 g/mol. The third kappa shape index (κ3) is 3.05. The summed E-state index contributed by atoms with van der Waals surface area (Å²) in [7, 11) is 1.65. The number of aliphatic carboxylic acids is 1. The molecule has 0 aliphatic rings. The average Bonchev–Trinajstić information content (AvgIpc) is 2.43. The SMILES string of the molecule is CCC(Cc1ccc2cc(OC)ccc2c1)C(=O)O. The van der Waals surface area contributed by atoms with Crippen LogP contribution in [0.4, 0.5) is 0 Å². The number of carboxylic acids is 1. The smallest absolute Gasteiger partial charge is 0.306 e. The fraction of sp³-hybridized carbons (Fsp3) is 0.312. The maximum absolute atomic E-state index is 11.1. The van der Waals surface area contributed by atoms with Crippen LogP contribution in [0.2, 0.25) is 0 Å². The Labute approximate surface area is 112 Å². The van der Waals surface area contributed by atoms with Gasteiger partial charge in [0.15, 0.2) is 0 Å². The Kier molecular flexibility index (Phi) is 4.05. The van der Waals surface area contributed by atoms with Crippen LogP contribution in [0.3, 0.4) is 0 Å². The largest absolute Gasteiger partial charge is 0.497 e. The molecule has 0 saturated carbocycles. The fourth-order valence-corrected chi connectivity index (χ4v) is 2.22. The summed E-state index contributed by atoms with van der Waals surface area (Å²) in [4.78, 5) is 11.1. The van der Waals surface area contributed by atoms with Crippen LogP contribution in [0.5, 0.6) is 5.75 Å². The molecule has 0 aliphatic carbocycles. The molecule has 3 heteroatoms. The van der Waals surface area contributed by atoms with Crippen molar-refractivity contribution in [1.82, 2.24) is 0 Å². The second-order valence-corrected chi connectivity index (χ2v) is 4.69. The molecule has 1 N–H and O–H groups in total. The lowest BCUT2D eigenvalue weighted by atomic mass is 9.95. The summed E-state index contributed by atoms with van der Waals surface area (Å²) in [6.45, 7) is 1.91. The molecular formula is C16H18O3. The Morgan fingerprint density at radius 1 is 1.21 bits per heavy atom. The fourth-order valence-electron chi connectivity index (χ4n) is 2.22. The Hall–Kier alpha value is -2.03. The number of rotatable bonds is 5. The zero-order valence-corrected chi connectivity index (χ0v) is 11.2. The summed E-state index contributed by atoms with van der Waals surface area (Å²) in [5.41, 5.74) is 1.06. The standard InChI is InChI=1S/C16H18O3/c1-3-12(16(17)18)8-11-4-5-14-10-15(19-2)7-6-13(14)9-11/h4-7,9-10,12H,3,8H2,1-2H3,(H,17,18). The predicted molar refractivity (Wildman–Crippen MR) is 75.6 cm³/mol. The molecule has 0 aliphatic heterocycles. The number of fused-ring (bicyclic) bond motifs is 1. The van der Waals surface area contributed by atoms with Crippen molar-refractivity contribution in [3.63, 3.8) is 0 Å². The molecule has 0 spiro atoms. The van der Waals surface area contributed by atoms with Gasteiger partial charge in [0.25, 0.3) is 0 Å². The van der Waals surface area contributed by atoms with Crippen LogP contribution >= 0.6 is 0 Å². The normalized spacial score (nSPS) is 12.3. The maximum Gasteiger partial charge on any atom is 0.306 e. The molecule has 0 aromatic heterocycles. The molecule has 0 amide bonds. The molecule has 0 saturated heterocycles. The van der Waals surface area contributed by atoms with Gasteiger partial charge in [0.1, 0.15) is 5.75 Å². The van der Waals surface area contributed by atoms with Gasteiger partial charge in [-0.25, -0.2) is 0 Å². The van der Waals surface area contributed by atoms with Crippen LogP contribution in [-0.4, -0.2) is 18.2 Å². The number of hydrogen-bond donors (Lipinski definition) is 1. The van der Waals surface area contributed by atoms with E-state index in [0.717, 1.165) is 22.1 Å². The first-order valence-electron chi connectivity index (χ1n) is 6.43. The first kappa shape index (κ1) is 13.4. The summed E-state index contributed by atoms with van der Waals surface area (Å²) in [5.74, 6) is -0.203. The van der Waals surface area contributed by atoms with Crippen LogP contribution in [-0.2, 0) is 11.2 Å². The molecular weight excluding hydrogens is 240 g/mol. The Morgan fingerprint density at radius 3 is 2.53 bits per heavy atom. The topological polar surface area (TPSA) is 46.5 Å². The number of carboxylic acid groups (broad SMARTS) is 1. The van der Waals surface area contributed by atoms with Crippen molar-refractivity contribution < 1.29 is 14.6 Å². The second kappa shape index (κ2) is 5.74. The van der Waals surface area contributed by atoms with E-state index in [1.54, 1.807) is 7.11 Å². The second-order valence-electron chi connectivity index (χ2n) is 4.69. The number of carbonyl (C=O) groups is 1. The van der Waals surface area contributed by atoms with E-state index in [2.05, 4.69) is 6.07 Å². The zero-order chi connectivity index (χ0) is 13.8. The van der Waals surface area contributed by atoms with Gasteiger partial charge in [-0.05, 0) is 41.3 Å². The number of methoxy groups -OCH3 is 1. The first-order valence-corrected chi connectivity index (χ1v) is 6.43. The molecule has 1 atom stereocenters. The summed E-state index contributed by atoms with van der Waals surface area (Å²) in [6.07, 6.45) is 1.23. The van der Waals surface area contributed by atoms with Crippen LogP contribution < -0.4 is 4.74 Å². The van der Waals surface area contributed by atoms with Gasteiger partial charge < -0.3 is 9.84 Å². The number of ether oxygens (including phenoxy) is 1. The van der Waals surface area contributed by atoms with Gasteiger partial charge in [-0.15, -0.1) is 0 Å². The minimum absolute atomic E-state index is 0.310. The third-order valence-electron chi connectivity index (χ3n) is 3.44. The summed E-state index contributed by atoms with van der Waals surface area (Å²) in [5, 5.41) is 11.3. The minimum atomic E-state index is -0.725. The van der Waals surface area contributed by atoms with Gasteiger partial charge in [0.05, 0.1) is 13.0 Å². The molecule has 100 valence electrons. The predicted octanol–water partition coefficient (Wildman–Crippen LogP) is 3.50. The van der Waals surface area contributed by atoms with Gasteiger partial charge in [0, 0.05) is 0 Å². The Morgan fingerprint density at radius 2 is 1.89 bits per heavy atom. The van der Waals surface area contributed by atoms with Crippen LogP contribution in [0, 0.1) is 5.92 Å². The monoisotopic (exact) mass is 258 g/mol. The van der Waals surface area contributed by atoms with E-state index in [9.17, 15) is 4.79 Å². The highest BCUT2D eigenvalue weighted by atomic mass is 16.5. The van der Waals surface area contributed by atoms with Crippen molar-refractivity contribution in [1.29, 1.82) is 0 Å². The van der Waals surface area contributed by atoms with Crippen molar-refractivity contribution in [3.8, 4) is 5.75 Å². The number of benzene rings is 2. The van der Waals surface area contributed by atoms with E-state index in [0.29, 0.717) is 12.8 Å². The molecule has 2 aromatic carbocycles. The van der Waals surface area contributed by atoms with Gasteiger partial charge in [-0.3, -0.25) is 4.79 Å². The van der Waals surface area contributed by atoms with Crippen molar-refractivity contribution in [2.45, 2.75) is 19.8 Å². The van der Waals surface area contributed by atoms with Gasteiger partial charge in [-0.2, -0.15) is 0 Å². The molecule has 0 radical (unpaired) electrons. The minimum Gasteiger partial charge on any atom is -0.497 e. The maximum atomic E-state index is 11.1. The molecule has 0 heterocycles. The molecule has 0 fully saturated rings. The number of hydrogen-bond acceptors (Lipinski definition) is 2. The lowest BCUT2D eigenvalue weighted by Gasteiger charge is -2.10. The highest BCUT2D eigenvalue weighted by Gasteiger charge is 2.15. The third-order valence-corrected chi connectivity index (χ3v) is 3.44. The van der Waals surface area contributed by atoms with E-state index < -0.39 is 5.97 Å². The van der Waals surface area contributed by atoms with Crippen molar-refractivity contribution >= 4 is 16.7 Å². The molecule has 0 bridgehead atoms. The lowest BCUT2D eigenvalue weighted by Crippen LogP contribution is -2.15. The summed E-state index contributed by atoms with van der Waals surface area (Å²) < 4.78 is 5.19. The molecule has 2 rings (SSSR count). The molecule has 3 nitrogen and oxygen atoms in total. The van der Waals surface area contributed by atoms with E-state index in [-0.39, 0.29) is 5.92 Å². The zero-order valence-electron chi connectivity index (χ0n) is 11.2. The Bertz CT molecular complexity index is 590. The van der Waals surface area contributed by atoms with Gasteiger partial charge in [-0.1, -0.05) is 31.2 Å². The quantitative estimate of drug-likeness (QED) is 0.892. The van der Waals surface area contributed by atoms with E-state index >= 15 is 0 Å². The van der Waals surface area contributed by atoms with Gasteiger partial charge >= 0.3 is 5.97 Å². The first-order chi connectivity index (χ1) is 9.13. The Balaban J connectivity index is 2.29. The van der Waals surface area contributed by atoms with Crippen molar-refractivity contribution in [3.05, 3.63) is 42.0 Å². The summed E-state index contributed by atoms with van der Waals surface area (Å²) in [6, 6.07) is 12.0. The van der Waals surface area contributed by atoms with Crippen LogP contribution in [0.25, 0.3) is 10.8 Å². The molecule has 1 unspecified atom stereocenters. The van der Waals surface area contributed by atoms with E-state index in [4.69, 9.17) is 9.84 Å². The van der Waals surface area contributed by atoms with E-state index in [1.807, 2.05) is 37.3 Å². The highest BCUT2D eigenvalue weighted by molar-refractivity contribution is 5.84. The lowest BCUT2D eigenvalue weighted by molar-refractivity contribution is -0.141. The van der Waals surface area contributed by atoms with Crippen molar-refractivity contribution in [2.75, 3.05) is 7.11 Å². The highest BCUT2D eigenvalue weighted by Crippen LogP contribution is 2.23. The molecule has 2 aromatic rings. The van der Waals surface area contributed by atoms with Gasteiger partial charge in [0.2, 0.25) is 0 Å². The summed E-state index contributed by atoms with van der Waals surface area (Å²) >= 11 is 0.